The summed E-state index contributed by atoms with van der Waals surface area (Å²) in [5, 5.41) is 2.89. The van der Waals surface area contributed by atoms with Gasteiger partial charge in [0, 0.05) is 12.6 Å². The van der Waals surface area contributed by atoms with Crippen molar-refractivity contribution in [3.8, 4) is 0 Å². The number of carbonyl (C=O) groups is 1. The van der Waals surface area contributed by atoms with Crippen LogP contribution >= 0.6 is 0 Å². The van der Waals surface area contributed by atoms with Crippen molar-refractivity contribution >= 4 is 5.91 Å². The Bertz CT molecular complexity index is 518. The van der Waals surface area contributed by atoms with Crippen molar-refractivity contribution in [3.05, 3.63) is 60.2 Å². The topological polar surface area (TPSA) is 29.1 Å². The number of rotatable bonds is 16. The number of unbranched alkanes of at least 4 members (excludes halogenated alkanes) is 11. The van der Waals surface area contributed by atoms with Gasteiger partial charge in [0.25, 0.3) is 0 Å². The molecular formula is C25H39NO. The molecular weight excluding hydrogens is 330 g/mol. The number of nitrogens with one attached hydrogen (secondary N) is 1. The van der Waals surface area contributed by atoms with Crippen LogP contribution < -0.4 is 5.32 Å². The van der Waals surface area contributed by atoms with E-state index in [1.807, 2.05) is 42.5 Å². The third-order valence-electron chi connectivity index (χ3n) is 4.78. The quantitative estimate of drug-likeness (QED) is 0.188. The molecule has 1 aromatic rings. The van der Waals surface area contributed by atoms with Crippen molar-refractivity contribution in [2.75, 3.05) is 0 Å². The molecule has 1 amide bonds. The average molecular weight is 370 g/mol. The SMILES string of the molecule is CCCCCCCCCCCCC/C=C/C=C/C(=O)NCc1ccccc1. The van der Waals surface area contributed by atoms with E-state index in [0.29, 0.717) is 6.54 Å². The Labute approximate surface area is 167 Å². The lowest BCUT2D eigenvalue weighted by atomic mass is 10.1. The monoisotopic (exact) mass is 369 g/mol. The second kappa shape index (κ2) is 17.6. The number of allylic oxidation sites excluding steroid dienone is 3. The second-order valence-corrected chi connectivity index (χ2v) is 7.31. The molecule has 0 unspecified atom stereocenters. The van der Waals surface area contributed by atoms with E-state index in [4.69, 9.17) is 0 Å². The van der Waals surface area contributed by atoms with Gasteiger partial charge in [0.2, 0.25) is 5.91 Å². The largest absolute Gasteiger partial charge is 0.348 e. The van der Waals surface area contributed by atoms with E-state index in [0.717, 1.165) is 12.0 Å². The van der Waals surface area contributed by atoms with Crippen molar-refractivity contribution in [1.29, 1.82) is 0 Å². The Kier molecular flexibility index (Phi) is 15.1. The molecule has 2 heteroatoms. The maximum Gasteiger partial charge on any atom is 0.244 e. The van der Waals surface area contributed by atoms with Gasteiger partial charge in [-0.15, -0.1) is 0 Å². The Hall–Kier alpha value is -1.83. The van der Waals surface area contributed by atoms with Crippen LogP contribution in [0.25, 0.3) is 0 Å². The smallest absolute Gasteiger partial charge is 0.244 e. The summed E-state index contributed by atoms with van der Waals surface area (Å²) in [5.41, 5.74) is 1.12. The zero-order valence-electron chi connectivity index (χ0n) is 17.3. The molecule has 0 aliphatic heterocycles. The average Bonchev–Trinajstić information content (AvgIpc) is 2.70. The first kappa shape index (κ1) is 23.2. The highest BCUT2D eigenvalue weighted by atomic mass is 16.1. The maximum absolute atomic E-state index is 11.7. The molecule has 0 saturated heterocycles. The van der Waals surface area contributed by atoms with Gasteiger partial charge in [-0.25, -0.2) is 0 Å². The Morgan fingerprint density at radius 1 is 0.815 bits per heavy atom. The number of hydrogen-bond donors (Lipinski definition) is 1. The predicted molar refractivity (Wildman–Crippen MR) is 118 cm³/mol. The van der Waals surface area contributed by atoms with Crippen molar-refractivity contribution in [2.24, 2.45) is 0 Å². The van der Waals surface area contributed by atoms with Crippen LogP contribution in [0, 0.1) is 0 Å². The fourth-order valence-electron chi connectivity index (χ4n) is 3.09. The maximum atomic E-state index is 11.7. The normalized spacial score (nSPS) is 11.4. The van der Waals surface area contributed by atoms with Gasteiger partial charge in [0.05, 0.1) is 0 Å². The van der Waals surface area contributed by atoms with Crippen molar-refractivity contribution in [2.45, 2.75) is 90.5 Å². The van der Waals surface area contributed by atoms with E-state index in [9.17, 15) is 4.79 Å². The summed E-state index contributed by atoms with van der Waals surface area (Å²) < 4.78 is 0. The molecule has 0 aromatic heterocycles. The van der Waals surface area contributed by atoms with Gasteiger partial charge in [-0.3, -0.25) is 4.79 Å². The molecule has 1 rings (SSSR count). The Morgan fingerprint density at radius 3 is 2.04 bits per heavy atom. The summed E-state index contributed by atoms with van der Waals surface area (Å²) in [6.07, 6.45) is 23.8. The molecule has 0 aliphatic rings. The van der Waals surface area contributed by atoms with E-state index in [1.165, 1.54) is 70.6 Å². The van der Waals surface area contributed by atoms with Crippen molar-refractivity contribution in [3.63, 3.8) is 0 Å². The van der Waals surface area contributed by atoms with Crippen LogP contribution in [0.3, 0.4) is 0 Å². The molecule has 0 saturated carbocycles. The van der Waals surface area contributed by atoms with E-state index >= 15 is 0 Å². The van der Waals surface area contributed by atoms with E-state index in [1.54, 1.807) is 6.08 Å². The highest BCUT2D eigenvalue weighted by Gasteiger charge is 1.95. The van der Waals surface area contributed by atoms with Crippen LogP contribution in [-0.4, -0.2) is 5.91 Å². The molecule has 0 radical (unpaired) electrons. The minimum absolute atomic E-state index is 0.0433. The van der Waals surface area contributed by atoms with Gasteiger partial charge >= 0.3 is 0 Å². The van der Waals surface area contributed by atoms with Crippen LogP contribution in [0.15, 0.2) is 54.6 Å². The van der Waals surface area contributed by atoms with Crippen LogP contribution in [0.5, 0.6) is 0 Å². The number of amides is 1. The van der Waals surface area contributed by atoms with Crippen LogP contribution in [-0.2, 0) is 11.3 Å². The zero-order valence-corrected chi connectivity index (χ0v) is 17.3. The molecule has 0 heterocycles. The second-order valence-electron chi connectivity index (χ2n) is 7.31. The molecule has 150 valence electrons. The standard InChI is InChI=1S/C25H39NO/c1-2-3-4-5-6-7-8-9-10-11-12-13-14-15-19-22-25(27)26-23-24-20-17-16-18-21-24/h14-22H,2-13,23H2,1H3,(H,26,27)/b15-14+,22-19+. The van der Waals surface area contributed by atoms with Crippen molar-refractivity contribution in [1.82, 2.24) is 5.32 Å². The van der Waals surface area contributed by atoms with Gasteiger partial charge in [0.1, 0.15) is 0 Å². The van der Waals surface area contributed by atoms with Crippen molar-refractivity contribution < 1.29 is 4.79 Å². The Balaban J connectivity index is 1.89. The molecule has 27 heavy (non-hydrogen) atoms. The Morgan fingerprint density at radius 2 is 1.41 bits per heavy atom. The summed E-state index contributed by atoms with van der Waals surface area (Å²) in [4.78, 5) is 11.7. The van der Waals surface area contributed by atoms with Gasteiger partial charge in [-0.05, 0) is 18.4 Å². The minimum Gasteiger partial charge on any atom is -0.348 e. The summed E-state index contributed by atoms with van der Waals surface area (Å²) in [6.45, 7) is 2.85. The molecule has 0 spiro atoms. The molecule has 1 N–H and O–H groups in total. The van der Waals surface area contributed by atoms with Gasteiger partial charge in [0.15, 0.2) is 0 Å². The zero-order chi connectivity index (χ0) is 19.4. The lowest BCUT2D eigenvalue weighted by Gasteiger charge is -2.01. The summed E-state index contributed by atoms with van der Waals surface area (Å²) in [6, 6.07) is 9.96. The number of hydrogen-bond acceptors (Lipinski definition) is 1. The first-order valence-corrected chi connectivity index (χ1v) is 11.0. The molecule has 0 bridgehead atoms. The molecule has 0 aliphatic carbocycles. The third-order valence-corrected chi connectivity index (χ3v) is 4.78. The minimum atomic E-state index is -0.0433. The summed E-state index contributed by atoms with van der Waals surface area (Å²) >= 11 is 0. The number of carbonyl (C=O) groups excluding carboxylic acids is 1. The van der Waals surface area contributed by atoms with Crippen LogP contribution in [0.1, 0.15) is 89.5 Å². The summed E-state index contributed by atoms with van der Waals surface area (Å²) in [7, 11) is 0. The first-order chi connectivity index (χ1) is 13.3. The summed E-state index contributed by atoms with van der Waals surface area (Å²) in [5.74, 6) is -0.0433. The highest BCUT2D eigenvalue weighted by Crippen LogP contribution is 2.12. The lowest BCUT2D eigenvalue weighted by Crippen LogP contribution is -2.20. The van der Waals surface area contributed by atoms with Crippen LogP contribution in [0.4, 0.5) is 0 Å². The molecule has 1 aromatic carbocycles. The van der Waals surface area contributed by atoms with Gasteiger partial charge < -0.3 is 5.32 Å². The predicted octanol–water partition coefficient (Wildman–Crippen LogP) is 7.12. The molecule has 2 nitrogen and oxygen atoms in total. The fraction of sp³-hybridized carbons (Fsp3) is 0.560. The third kappa shape index (κ3) is 15.0. The highest BCUT2D eigenvalue weighted by molar-refractivity contribution is 5.87. The van der Waals surface area contributed by atoms with E-state index in [-0.39, 0.29) is 5.91 Å². The molecule has 0 fully saturated rings. The van der Waals surface area contributed by atoms with Gasteiger partial charge in [-0.1, -0.05) is 120 Å². The molecule has 0 atom stereocenters. The van der Waals surface area contributed by atoms with E-state index in [2.05, 4.69) is 18.3 Å². The lowest BCUT2D eigenvalue weighted by molar-refractivity contribution is -0.116. The van der Waals surface area contributed by atoms with E-state index < -0.39 is 0 Å². The fourth-order valence-corrected chi connectivity index (χ4v) is 3.09. The van der Waals surface area contributed by atoms with Crippen LogP contribution in [0.2, 0.25) is 0 Å². The first-order valence-electron chi connectivity index (χ1n) is 11.0. The number of benzene rings is 1. The van der Waals surface area contributed by atoms with Gasteiger partial charge in [-0.2, -0.15) is 0 Å².